The van der Waals surface area contributed by atoms with Crippen molar-refractivity contribution >= 4 is 11.5 Å². The third-order valence-electron chi connectivity index (χ3n) is 2.83. The van der Waals surface area contributed by atoms with Gasteiger partial charge in [0.25, 0.3) is 0 Å². The van der Waals surface area contributed by atoms with Crippen molar-refractivity contribution in [2.24, 2.45) is 0 Å². The van der Waals surface area contributed by atoms with Crippen LogP contribution in [0.4, 0.5) is 5.69 Å². The molecule has 0 aromatic heterocycles. The number of hydrogen-bond donors (Lipinski definition) is 0. The number of carbonyl (C=O) groups excluding carboxylic acids is 1. The van der Waals surface area contributed by atoms with Crippen molar-refractivity contribution in [1.29, 1.82) is 5.39 Å². The van der Waals surface area contributed by atoms with Crippen molar-refractivity contribution in [2.75, 3.05) is 0 Å². The number of benzene rings is 2. The van der Waals surface area contributed by atoms with Gasteiger partial charge in [0, 0.05) is 28.8 Å². The first-order valence-electron chi connectivity index (χ1n) is 4.94. The van der Waals surface area contributed by atoms with Crippen LogP contribution in [0.3, 0.4) is 0 Å². The summed E-state index contributed by atoms with van der Waals surface area (Å²) in [6, 6.07) is 12.5. The van der Waals surface area contributed by atoms with E-state index in [1.54, 1.807) is 18.2 Å². The van der Waals surface area contributed by atoms with Crippen LogP contribution in [-0.2, 0) is 0 Å². The van der Waals surface area contributed by atoms with Crippen LogP contribution in [0.2, 0.25) is 0 Å². The number of rotatable bonds is 0. The van der Waals surface area contributed by atoms with E-state index in [0.29, 0.717) is 16.8 Å². The van der Waals surface area contributed by atoms with E-state index < -0.39 is 0 Å². The molecule has 0 aliphatic heterocycles. The molecule has 0 atom stereocenters. The molecular formula is C13H7N2O+. The largest absolute Gasteiger partial charge is 0.385 e. The van der Waals surface area contributed by atoms with Gasteiger partial charge in [0.1, 0.15) is 0 Å². The molecule has 0 fully saturated rings. The zero-order chi connectivity index (χ0) is 11.1. The maximum atomic E-state index is 12.0. The second kappa shape index (κ2) is 3.01. The lowest BCUT2D eigenvalue weighted by Crippen LogP contribution is -1.93. The lowest BCUT2D eigenvalue weighted by Gasteiger charge is -1.95. The fourth-order valence-electron chi connectivity index (χ4n) is 2.08. The van der Waals surface area contributed by atoms with E-state index in [-0.39, 0.29) is 5.78 Å². The molecular weight excluding hydrogens is 200 g/mol. The van der Waals surface area contributed by atoms with Crippen LogP contribution < -0.4 is 0 Å². The molecule has 2 aromatic carbocycles. The minimum absolute atomic E-state index is 0.0371. The maximum absolute atomic E-state index is 12.0. The Labute approximate surface area is 92.0 Å². The second-order valence-corrected chi connectivity index (χ2v) is 3.70. The molecule has 0 bridgehead atoms. The standard InChI is InChI=1S/C13H7N2O/c14-15-8-5-6-11-12(7-8)9-3-1-2-4-10(9)13(11)16/h1-7H/q+1. The molecule has 3 nitrogen and oxygen atoms in total. The van der Waals surface area contributed by atoms with E-state index in [4.69, 9.17) is 5.39 Å². The van der Waals surface area contributed by atoms with Crippen LogP contribution in [-0.4, -0.2) is 5.78 Å². The van der Waals surface area contributed by atoms with Crippen LogP contribution >= 0.6 is 0 Å². The molecule has 0 saturated carbocycles. The van der Waals surface area contributed by atoms with Crippen LogP contribution in [0, 0.1) is 5.39 Å². The molecule has 0 saturated heterocycles. The van der Waals surface area contributed by atoms with Crippen LogP contribution in [0.5, 0.6) is 0 Å². The average molecular weight is 207 g/mol. The highest BCUT2D eigenvalue weighted by Crippen LogP contribution is 2.38. The molecule has 3 rings (SSSR count). The van der Waals surface area contributed by atoms with E-state index in [2.05, 4.69) is 4.98 Å². The number of nitrogens with zero attached hydrogens (tertiary/aromatic N) is 2. The smallest absolute Gasteiger partial charge is 0.289 e. The zero-order valence-corrected chi connectivity index (χ0v) is 8.34. The van der Waals surface area contributed by atoms with Gasteiger partial charge in [0.05, 0.1) is 0 Å². The lowest BCUT2D eigenvalue weighted by atomic mass is 10.1. The van der Waals surface area contributed by atoms with E-state index in [1.165, 1.54) is 0 Å². The summed E-state index contributed by atoms with van der Waals surface area (Å²) in [5, 5.41) is 8.72. The first kappa shape index (κ1) is 8.81. The molecule has 16 heavy (non-hydrogen) atoms. The first-order chi connectivity index (χ1) is 7.81. The molecule has 0 unspecified atom stereocenters. The Bertz CT molecular complexity index is 653. The monoisotopic (exact) mass is 207 g/mol. The molecule has 0 radical (unpaired) electrons. The van der Waals surface area contributed by atoms with Gasteiger partial charge in [-0.25, -0.2) is 0 Å². The summed E-state index contributed by atoms with van der Waals surface area (Å²) in [5.74, 6) is 0.0371. The zero-order valence-electron chi connectivity index (χ0n) is 8.34. The number of fused-ring (bicyclic) bond motifs is 3. The molecule has 1 aliphatic rings. The van der Waals surface area contributed by atoms with E-state index in [9.17, 15) is 4.79 Å². The van der Waals surface area contributed by atoms with Gasteiger partial charge in [-0.05, 0) is 11.6 Å². The quantitative estimate of drug-likeness (QED) is 0.530. The summed E-state index contributed by atoms with van der Waals surface area (Å²) < 4.78 is 0. The number of hydrogen-bond acceptors (Lipinski definition) is 2. The molecule has 3 heteroatoms. The van der Waals surface area contributed by atoms with Gasteiger partial charge < -0.3 is 0 Å². The van der Waals surface area contributed by atoms with Gasteiger partial charge in [0.15, 0.2) is 10.8 Å². The lowest BCUT2D eigenvalue weighted by molar-refractivity contribution is 0.104. The highest BCUT2D eigenvalue weighted by molar-refractivity contribution is 6.21. The van der Waals surface area contributed by atoms with Gasteiger partial charge in [-0.2, -0.15) is 0 Å². The number of carbonyl (C=O) groups is 1. The predicted molar refractivity (Wildman–Crippen MR) is 60.1 cm³/mol. The summed E-state index contributed by atoms with van der Waals surface area (Å²) in [7, 11) is 0. The van der Waals surface area contributed by atoms with Gasteiger partial charge in [-0.15, -0.1) is 0 Å². The van der Waals surface area contributed by atoms with Gasteiger partial charge >= 0.3 is 5.69 Å². The molecule has 2 aromatic rings. The Kier molecular flexibility index (Phi) is 1.66. The Morgan fingerprint density at radius 2 is 1.56 bits per heavy atom. The second-order valence-electron chi connectivity index (χ2n) is 3.70. The van der Waals surface area contributed by atoms with Crippen molar-refractivity contribution in [1.82, 2.24) is 0 Å². The predicted octanol–water partition coefficient (Wildman–Crippen LogP) is 3.38. The molecule has 0 amide bonds. The fraction of sp³-hybridized carbons (Fsp3) is 0. The van der Waals surface area contributed by atoms with Crippen molar-refractivity contribution in [2.45, 2.75) is 0 Å². The Morgan fingerprint density at radius 1 is 0.875 bits per heavy atom. The summed E-state index contributed by atoms with van der Waals surface area (Å²) in [6.45, 7) is 0. The normalized spacial score (nSPS) is 11.8. The molecule has 74 valence electrons. The van der Waals surface area contributed by atoms with Crippen molar-refractivity contribution in [3.63, 3.8) is 0 Å². The van der Waals surface area contributed by atoms with Crippen LogP contribution in [0.25, 0.3) is 16.1 Å². The number of ketones is 1. The Hall–Kier alpha value is -2.47. The average Bonchev–Trinajstić information content (AvgIpc) is 2.64. The van der Waals surface area contributed by atoms with Gasteiger partial charge in [-0.1, -0.05) is 24.3 Å². The highest BCUT2D eigenvalue weighted by Gasteiger charge is 2.27. The number of diazo groups is 1. The van der Waals surface area contributed by atoms with Gasteiger partial charge in [0.2, 0.25) is 5.39 Å². The molecule has 0 spiro atoms. The van der Waals surface area contributed by atoms with Crippen molar-refractivity contribution in [3.05, 3.63) is 58.6 Å². The Balaban J connectivity index is 2.36. The van der Waals surface area contributed by atoms with E-state index >= 15 is 0 Å². The minimum Gasteiger partial charge on any atom is -0.289 e. The third kappa shape index (κ3) is 1.01. The SMILES string of the molecule is N#[N+]c1ccc2c(c1)-c1ccccc1C2=O. The third-order valence-corrected chi connectivity index (χ3v) is 2.83. The molecule has 0 N–H and O–H groups in total. The molecule has 0 heterocycles. The molecule has 1 aliphatic carbocycles. The summed E-state index contributed by atoms with van der Waals surface area (Å²) >= 11 is 0. The van der Waals surface area contributed by atoms with E-state index in [1.807, 2.05) is 24.3 Å². The van der Waals surface area contributed by atoms with E-state index in [0.717, 1.165) is 11.1 Å². The summed E-state index contributed by atoms with van der Waals surface area (Å²) in [6.07, 6.45) is 0. The minimum atomic E-state index is 0.0371. The van der Waals surface area contributed by atoms with Crippen molar-refractivity contribution in [3.8, 4) is 11.1 Å². The van der Waals surface area contributed by atoms with Crippen molar-refractivity contribution < 1.29 is 4.79 Å². The highest BCUT2D eigenvalue weighted by atomic mass is 16.1. The topological polar surface area (TPSA) is 45.2 Å². The summed E-state index contributed by atoms with van der Waals surface area (Å²) in [4.78, 5) is 15.1. The van der Waals surface area contributed by atoms with Crippen LogP contribution in [0.1, 0.15) is 15.9 Å². The Morgan fingerprint density at radius 3 is 2.31 bits per heavy atom. The van der Waals surface area contributed by atoms with Crippen LogP contribution in [0.15, 0.2) is 42.5 Å². The summed E-state index contributed by atoms with van der Waals surface area (Å²) in [5.41, 5.74) is 3.60. The fourth-order valence-corrected chi connectivity index (χ4v) is 2.08. The maximum Gasteiger partial charge on any atom is 0.385 e. The van der Waals surface area contributed by atoms with Gasteiger partial charge in [-0.3, -0.25) is 4.79 Å². The first-order valence-corrected chi connectivity index (χ1v) is 4.94.